The van der Waals surface area contributed by atoms with Crippen LogP contribution < -0.4 is 27.2 Å². The van der Waals surface area contributed by atoms with E-state index < -0.39 is 14.2 Å². The van der Waals surface area contributed by atoms with E-state index in [2.05, 4.69) is 140 Å². The Hall–Kier alpha value is -0.220. The molecule has 13 N–H and O–H groups in total. The lowest BCUT2D eigenvalue weighted by atomic mass is 9.64. The van der Waals surface area contributed by atoms with Crippen molar-refractivity contribution in [2.75, 3.05) is 26.3 Å². The third-order valence-electron chi connectivity index (χ3n) is 9.12. The summed E-state index contributed by atoms with van der Waals surface area (Å²) in [5, 5.41) is 62.3. The lowest BCUT2D eigenvalue weighted by molar-refractivity contribution is 0.128. The predicted molar refractivity (Wildman–Crippen MR) is 283 cm³/mol. The summed E-state index contributed by atoms with van der Waals surface area (Å²) >= 11 is 0. The molecule has 2 aliphatic rings. The largest absolute Gasteiger partial charge is 0.451 e. The molecule has 2 rings (SSSR count). The van der Waals surface area contributed by atoms with Crippen LogP contribution in [0.1, 0.15) is 192 Å². The highest BCUT2D eigenvalue weighted by Gasteiger charge is 2.35. The molecule has 0 aromatic carbocycles. The molecule has 64 heavy (non-hydrogen) atoms. The Balaban J connectivity index is -0.000000346. The monoisotopic (exact) mass is 916 g/mol. The van der Waals surface area contributed by atoms with Crippen molar-refractivity contribution in [1.82, 2.24) is 15.7 Å². The van der Waals surface area contributed by atoms with Gasteiger partial charge in [0.2, 0.25) is 0 Å². The number of nitrogens with two attached hydrogens (primary N) is 2. The molecule has 0 aromatic heterocycles. The molecule has 16 heteroatoms. The van der Waals surface area contributed by atoms with Crippen molar-refractivity contribution in [3.05, 3.63) is 0 Å². The summed E-state index contributed by atoms with van der Waals surface area (Å²) in [5.74, 6) is 0. The van der Waals surface area contributed by atoms with Crippen LogP contribution in [-0.4, -0.2) is 109 Å². The molecule has 2 aliphatic heterocycles. The lowest BCUT2D eigenvalue weighted by Gasteiger charge is -2.24. The number of hydrogen-bond donors (Lipinski definition) is 11. The van der Waals surface area contributed by atoms with Gasteiger partial charge in [-0.05, 0) is 94.3 Å². The standard InChI is InChI=1S/C12H27BN2.C12H26BNO.2C7H17NO.2C5H13BO2/c1-11(2,3)7-10-8-14-13(15-10)9-12(4,5)6;1-11(2,3)7-10-8-15-13(14-10)9-12(4,5)6;1-7(2,3)4-6(8)5-9;1-7(2,3)4-6(9)5-8;2*1-5(2,3)4-6(7)8/h10,14-15H,7-9H2,1-6H3;10,14H,7-9H2,1-6H3;2*6,9H,4-5,8H2,1-3H3;2*7-8H,4H2,1-3H3. The van der Waals surface area contributed by atoms with Crippen LogP contribution in [0.25, 0.3) is 0 Å². The van der Waals surface area contributed by atoms with Crippen LogP contribution >= 0.6 is 0 Å². The van der Waals surface area contributed by atoms with Crippen molar-refractivity contribution in [3.63, 3.8) is 0 Å². The van der Waals surface area contributed by atoms with Crippen molar-refractivity contribution in [1.29, 1.82) is 0 Å². The molecule has 2 heterocycles. The number of rotatable bonds is 10. The minimum absolute atomic E-state index is 0.0220. The molecule has 4 unspecified atom stereocenters. The van der Waals surface area contributed by atoms with Crippen molar-refractivity contribution < 1.29 is 35.0 Å². The van der Waals surface area contributed by atoms with Crippen LogP contribution in [0, 0.1) is 43.3 Å². The van der Waals surface area contributed by atoms with Crippen LogP contribution in [0.15, 0.2) is 0 Å². The van der Waals surface area contributed by atoms with E-state index in [0.717, 1.165) is 32.3 Å². The van der Waals surface area contributed by atoms with E-state index in [-0.39, 0.29) is 47.5 Å². The number of aliphatic hydroxyl groups excluding tert-OH is 2. The Labute approximate surface area is 400 Å². The highest BCUT2D eigenvalue weighted by atomic mass is 16.5. The second-order valence-electron chi connectivity index (χ2n) is 28.4. The number of aliphatic hydroxyl groups is 2. The summed E-state index contributed by atoms with van der Waals surface area (Å²) in [5.41, 5.74) is 12.8. The fourth-order valence-electron chi connectivity index (χ4n) is 7.16. The normalized spacial score (nSPS) is 18.4. The second kappa shape index (κ2) is 31.1. The molecule has 0 aliphatic carbocycles. The summed E-state index contributed by atoms with van der Waals surface area (Å²) in [7, 11) is -2.05. The molecule has 0 aromatic rings. The van der Waals surface area contributed by atoms with Crippen LogP contribution in [-0.2, 0) is 4.65 Å². The van der Waals surface area contributed by atoms with Gasteiger partial charge in [0.05, 0.1) is 12.7 Å². The molecule has 2 saturated heterocycles. The van der Waals surface area contributed by atoms with Gasteiger partial charge in [-0.2, -0.15) is 0 Å². The smallest absolute Gasteiger partial charge is 0.427 e. The molecular weight excluding hydrogens is 802 g/mol. The fourth-order valence-corrected chi connectivity index (χ4v) is 7.16. The van der Waals surface area contributed by atoms with Crippen LogP contribution in [0.5, 0.6) is 0 Å². The maximum Gasteiger partial charge on any atom is 0.451 e. The van der Waals surface area contributed by atoms with Gasteiger partial charge in [0.15, 0.2) is 0 Å². The summed E-state index contributed by atoms with van der Waals surface area (Å²) in [6.07, 6.45) is 6.94. The van der Waals surface area contributed by atoms with Crippen molar-refractivity contribution in [3.8, 4) is 0 Å². The second-order valence-corrected chi connectivity index (χ2v) is 28.4. The topological polar surface area (TPSA) is 219 Å². The van der Waals surface area contributed by atoms with Gasteiger partial charge in [0.1, 0.15) is 0 Å². The van der Waals surface area contributed by atoms with Gasteiger partial charge in [-0.25, -0.2) is 0 Å². The Kier molecular flexibility index (Phi) is 34.2. The summed E-state index contributed by atoms with van der Waals surface area (Å²) < 4.78 is 5.78. The maximum atomic E-state index is 9.07. The number of nitrogens with one attached hydrogen (secondary N) is 3. The van der Waals surface area contributed by atoms with E-state index in [4.69, 9.17) is 46.4 Å². The zero-order chi connectivity index (χ0) is 51.9. The van der Waals surface area contributed by atoms with Gasteiger partial charge in [-0.1, -0.05) is 166 Å². The molecule has 0 radical (unpaired) electrons. The van der Waals surface area contributed by atoms with E-state index >= 15 is 0 Å². The Morgan fingerprint density at radius 1 is 0.562 bits per heavy atom. The quantitative estimate of drug-likeness (QED) is 0.0941. The molecule has 2 fully saturated rings. The Morgan fingerprint density at radius 2 is 0.953 bits per heavy atom. The van der Waals surface area contributed by atoms with Gasteiger partial charge in [0.25, 0.3) is 0 Å². The van der Waals surface area contributed by atoms with Gasteiger partial charge >= 0.3 is 28.3 Å². The minimum atomic E-state index is -1.16. The third-order valence-corrected chi connectivity index (χ3v) is 9.12. The molecular formula is C48H113B4N5O7. The molecule has 0 amide bonds. The molecule has 4 atom stereocenters. The first-order valence-electron chi connectivity index (χ1n) is 24.4. The zero-order valence-corrected chi connectivity index (χ0v) is 46.9. The summed E-state index contributed by atoms with van der Waals surface area (Å²) in [6.45, 7) is 54.8. The van der Waals surface area contributed by atoms with Crippen LogP contribution in [0.4, 0.5) is 0 Å². The predicted octanol–water partition coefficient (Wildman–Crippen LogP) is 7.96. The van der Waals surface area contributed by atoms with E-state index in [1.54, 1.807) is 0 Å². The highest BCUT2D eigenvalue weighted by Crippen LogP contribution is 2.28. The van der Waals surface area contributed by atoms with E-state index in [9.17, 15) is 0 Å². The van der Waals surface area contributed by atoms with Gasteiger partial charge in [-0.3, -0.25) is 0 Å². The van der Waals surface area contributed by atoms with Gasteiger partial charge in [0, 0.05) is 37.8 Å². The van der Waals surface area contributed by atoms with Gasteiger partial charge < -0.3 is 62.1 Å². The maximum absolute atomic E-state index is 9.07. The molecule has 0 bridgehead atoms. The van der Waals surface area contributed by atoms with Crippen LogP contribution in [0.3, 0.4) is 0 Å². The molecule has 12 nitrogen and oxygen atoms in total. The van der Waals surface area contributed by atoms with Crippen molar-refractivity contribution in [2.45, 2.75) is 241 Å². The molecule has 0 saturated carbocycles. The zero-order valence-electron chi connectivity index (χ0n) is 46.9. The first-order valence-corrected chi connectivity index (χ1v) is 24.4. The lowest BCUT2D eigenvalue weighted by Crippen LogP contribution is -2.42. The first-order chi connectivity index (χ1) is 28.1. The first kappa shape index (κ1) is 70.3. The SMILES string of the molecule is CC(C)(C)CB(O)O.CC(C)(C)CB(O)O.CC(C)(C)CB1NC(CC(C)(C)C)CO1.CC(C)(C)CB1NCC(CC(C)(C)C)N1.CC(C)(C)CC(N)CO.CC(C)(C)CC(O)CN. The molecule has 384 valence electrons. The third kappa shape index (κ3) is 59.8. The van der Waals surface area contributed by atoms with Gasteiger partial charge in [-0.15, -0.1) is 0 Å². The minimum Gasteiger partial charge on any atom is -0.427 e. The van der Waals surface area contributed by atoms with E-state index in [1.165, 1.54) is 19.2 Å². The highest BCUT2D eigenvalue weighted by molar-refractivity contribution is 6.54. The van der Waals surface area contributed by atoms with E-state index in [0.29, 0.717) is 59.9 Å². The Bertz CT molecular complexity index is 1000. The summed E-state index contributed by atoms with van der Waals surface area (Å²) in [4.78, 5) is 0. The Morgan fingerprint density at radius 3 is 1.20 bits per heavy atom. The number of hydrogen-bond acceptors (Lipinski definition) is 12. The molecule has 0 spiro atoms. The average Bonchev–Trinajstić information content (AvgIpc) is 3.58. The van der Waals surface area contributed by atoms with E-state index in [1.807, 2.05) is 41.5 Å². The van der Waals surface area contributed by atoms with Crippen molar-refractivity contribution in [2.24, 2.45) is 54.8 Å². The summed E-state index contributed by atoms with van der Waals surface area (Å²) in [6, 6.07) is 1.14. The average molecular weight is 916 g/mol. The fraction of sp³-hybridized carbons (Fsp3) is 1.00. The van der Waals surface area contributed by atoms with Crippen molar-refractivity contribution >= 4 is 28.3 Å². The van der Waals surface area contributed by atoms with Crippen LogP contribution in [0.2, 0.25) is 25.3 Å².